The number of nitrogens with zero attached hydrogens (tertiary/aromatic N) is 1. The zero-order valence-electron chi connectivity index (χ0n) is 14.5. The maximum Gasteiger partial charge on any atom is 0.310 e. The quantitative estimate of drug-likeness (QED) is 0.807. The van der Waals surface area contributed by atoms with Crippen molar-refractivity contribution >= 4 is 23.4 Å². The number of hydrogen-bond acceptors (Lipinski definition) is 4. The molecule has 1 unspecified atom stereocenters. The van der Waals surface area contributed by atoms with E-state index in [0.29, 0.717) is 11.3 Å². The summed E-state index contributed by atoms with van der Waals surface area (Å²) in [6, 6.07) is 13.4. The molecule has 3 rings (SSSR count). The topological polar surface area (TPSA) is 87.7 Å². The number of ether oxygens (including phenoxy) is 1. The van der Waals surface area contributed by atoms with Gasteiger partial charge < -0.3 is 20.3 Å². The molecule has 2 aromatic carbocycles. The normalized spacial score (nSPS) is 15.4. The third kappa shape index (κ3) is 3.37. The SMILES string of the molecule is COc1ccc(CNC(=O)C(=O)NC2C(=O)N(C)c3ccccc32)cc1. The Balaban J connectivity index is 1.61. The fraction of sp³-hybridized carbons (Fsp3) is 0.211. The highest BCUT2D eigenvalue weighted by atomic mass is 16.5. The van der Waals surface area contributed by atoms with E-state index in [1.54, 1.807) is 56.6 Å². The lowest BCUT2D eigenvalue weighted by molar-refractivity contribution is -0.140. The van der Waals surface area contributed by atoms with Gasteiger partial charge in [-0.3, -0.25) is 14.4 Å². The van der Waals surface area contributed by atoms with Gasteiger partial charge in [0.25, 0.3) is 5.91 Å². The number of methoxy groups -OCH3 is 1. The second-order valence-electron chi connectivity index (χ2n) is 5.89. The number of para-hydroxylation sites is 1. The summed E-state index contributed by atoms with van der Waals surface area (Å²) < 4.78 is 5.07. The molecule has 2 N–H and O–H groups in total. The van der Waals surface area contributed by atoms with Crippen molar-refractivity contribution in [3.8, 4) is 5.75 Å². The monoisotopic (exact) mass is 353 g/mol. The molecule has 1 heterocycles. The van der Waals surface area contributed by atoms with Crippen molar-refractivity contribution in [2.45, 2.75) is 12.6 Å². The smallest absolute Gasteiger partial charge is 0.310 e. The van der Waals surface area contributed by atoms with Crippen LogP contribution in [0.5, 0.6) is 5.75 Å². The first-order chi connectivity index (χ1) is 12.5. The lowest BCUT2D eigenvalue weighted by atomic mass is 10.1. The minimum Gasteiger partial charge on any atom is -0.497 e. The molecule has 134 valence electrons. The van der Waals surface area contributed by atoms with Crippen molar-refractivity contribution in [1.29, 1.82) is 0 Å². The van der Waals surface area contributed by atoms with Crippen LogP contribution in [0.2, 0.25) is 0 Å². The molecule has 0 fully saturated rings. The molecular weight excluding hydrogens is 334 g/mol. The Bertz CT molecular complexity index is 848. The number of nitrogens with one attached hydrogen (secondary N) is 2. The summed E-state index contributed by atoms with van der Waals surface area (Å²) >= 11 is 0. The average molecular weight is 353 g/mol. The molecule has 26 heavy (non-hydrogen) atoms. The van der Waals surface area contributed by atoms with Crippen LogP contribution in [0, 0.1) is 0 Å². The van der Waals surface area contributed by atoms with E-state index in [1.807, 2.05) is 6.07 Å². The third-order valence-electron chi connectivity index (χ3n) is 4.28. The summed E-state index contributed by atoms with van der Waals surface area (Å²) in [5.41, 5.74) is 2.23. The van der Waals surface area contributed by atoms with E-state index in [2.05, 4.69) is 10.6 Å². The van der Waals surface area contributed by atoms with Gasteiger partial charge in [-0.15, -0.1) is 0 Å². The predicted molar refractivity (Wildman–Crippen MR) is 95.6 cm³/mol. The average Bonchev–Trinajstić information content (AvgIpc) is 2.91. The van der Waals surface area contributed by atoms with Gasteiger partial charge in [0.05, 0.1) is 7.11 Å². The van der Waals surface area contributed by atoms with Gasteiger partial charge in [0.1, 0.15) is 11.8 Å². The Hall–Kier alpha value is -3.35. The molecule has 0 radical (unpaired) electrons. The van der Waals surface area contributed by atoms with Gasteiger partial charge in [0.15, 0.2) is 0 Å². The Morgan fingerprint density at radius 3 is 2.46 bits per heavy atom. The number of carbonyl (C=O) groups excluding carboxylic acids is 3. The molecule has 0 bridgehead atoms. The van der Waals surface area contributed by atoms with Crippen molar-refractivity contribution in [1.82, 2.24) is 10.6 Å². The number of hydrogen-bond donors (Lipinski definition) is 2. The molecule has 1 atom stereocenters. The fourth-order valence-corrected chi connectivity index (χ4v) is 2.82. The third-order valence-corrected chi connectivity index (χ3v) is 4.28. The molecule has 0 saturated heterocycles. The van der Waals surface area contributed by atoms with Crippen LogP contribution >= 0.6 is 0 Å². The first kappa shape index (κ1) is 17.5. The van der Waals surface area contributed by atoms with E-state index in [-0.39, 0.29) is 12.5 Å². The van der Waals surface area contributed by atoms with Crippen molar-refractivity contribution < 1.29 is 19.1 Å². The molecule has 2 aromatic rings. The predicted octanol–water partition coefficient (Wildman–Crippen LogP) is 1.15. The Morgan fingerprint density at radius 2 is 1.77 bits per heavy atom. The van der Waals surface area contributed by atoms with Crippen molar-refractivity contribution in [2.24, 2.45) is 0 Å². The number of anilines is 1. The van der Waals surface area contributed by atoms with Crippen LogP contribution in [0.3, 0.4) is 0 Å². The van der Waals surface area contributed by atoms with Gasteiger partial charge in [0, 0.05) is 24.8 Å². The molecule has 1 aliphatic heterocycles. The first-order valence-corrected chi connectivity index (χ1v) is 8.09. The molecule has 0 aliphatic carbocycles. The lowest BCUT2D eigenvalue weighted by Gasteiger charge is -2.13. The zero-order valence-corrected chi connectivity index (χ0v) is 14.5. The molecular formula is C19H19N3O4. The highest BCUT2D eigenvalue weighted by Gasteiger charge is 2.36. The maximum absolute atomic E-state index is 12.3. The van der Waals surface area contributed by atoms with E-state index < -0.39 is 17.9 Å². The molecule has 1 aliphatic rings. The second-order valence-corrected chi connectivity index (χ2v) is 5.89. The van der Waals surface area contributed by atoms with Crippen LogP contribution in [0.4, 0.5) is 5.69 Å². The van der Waals surface area contributed by atoms with Crippen molar-refractivity contribution in [2.75, 3.05) is 19.1 Å². The highest BCUT2D eigenvalue weighted by molar-refractivity contribution is 6.35. The van der Waals surface area contributed by atoms with Gasteiger partial charge in [-0.25, -0.2) is 0 Å². The van der Waals surface area contributed by atoms with E-state index in [4.69, 9.17) is 4.74 Å². The van der Waals surface area contributed by atoms with Gasteiger partial charge in [-0.1, -0.05) is 30.3 Å². The van der Waals surface area contributed by atoms with Gasteiger partial charge in [0.2, 0.25) is 0 Å². The summed E-state index contributed by atoms with van der Waals surface area (Å²) in [4.78, 5) is 38.0. The Morgan fingerprint density at radius 1 is 1.08 bits per heavy atom. The van der Waals surface area contributed by atoms with Gasteiger partial charge >= 0.3 is 11.8 Å². The molecule has 0 aromatic heterocycles. The van der Waals surface area contributed by atoms with Crippen molar-refractivity contribution in [3.05, 3.63) is 59.7 Å². The van der Waals surface area contributed by atoms with Crippen LogP contribution in [0.25, 0.3) is 0 Å². The summed E-state index contributed by atoms with van der Waals surface area (Å²) in [7, 11) is 3.21. The van der Waals surface area contributed by atoms with Crippen LogP contribution in [-0.2, 0) is 20.9 Å². The number of amides is 3. The summed E-state index contributed by atoms with van der Waals surface area (Å²) in [6.07, 6.45) is 0. The van der Waals surface area contributed by atoms with E-state index in [0.717, 1.165) is 11.3 Å². The lowest BCUT2D eigenvalue weighted by Crippen LogP contribution is -2.43. The number of benzene rings is 2. The summed E-state index contributed by atoms with van der Waals surface area (Å²) in [5.74, 6) is -1.20. The van der Waals surface area contributed by atoms with Crippen LogP contribution in [0.1, 0.15) is 17.2 Å². The van der Waals surface area contributed by atoms with Crippen LogP contribution in [-0.4, -0.2) is 31.9 Å². The standard InChI is InChI=1S/C19H19N3O4/c1-22-15-6-4-3-5-14(15)16(19(22)25)21-18(24)17(23)20-11-12-7-9-13(26-2)10-8-12/h3-10,16H,11H2,1-2H3,(H,20,23)(H,21,24). The van der Waals surface area contributed by atoms with E-state index >= 15 is 0 Å². The van der Waals surface area contributed by atoms with E-state index in [9.17, 15) is 14.4 Å². The maximum atomic E-state index is 12.3. The minimum absolute atomic E-state index is 0.200. The summed E-state index contributed by atoms with van der Waals surface area (Å²) in [6.45, 7) is 0.200. The number of rotatable bonds is 4. The summed E-state index contributed by atoms with van der Waals surface area (Å²) in [5, 5.41) is 5.05. The highest BCUT2D eigenvalue weighted by Crippen LogP contribution is 2.34. The molecule has 0 spiro atoms. The Kier molecular flexibility index (Phi) is 4.88. The zero-order chi connectivity index (χ0) is 18.7. The molecule has 3 amide bonds. The van der Waals surface area contributed by atoms with E-state index in [1.165, 1.54) is 4.90 Å². The number of likely N-dealkylation sites (N-methyl/N-ethyl adjacent to an activating group) is 1. The number of fused-ring (bicyclic) bond motifs is 1. The number of carbonyl (C=O) groups is 3. The van der Waals surface area contributed by atoms with Gasteiger partial charge in [-0.05, 0) is 23.8 Å². The Labute approximate surface area is 150 Å². The fourth-order valence-electron chi connectivity index (χ4n) is 2.82. The molecule has 7 nitrogen and oxygen atoms in total. The largest absolute Gasteiger partial charge is 0.497 e. The minimum atomic E-state index is -0.851. The van der Waals surface area contributed by atoms with Gasteiger partial charge in [-0.2, -0.15) is 0 Å². The second kappa shape index (κ2) is 7.26. The molecule has 7 heteroatoms. The van der Waals surface area contributed by atoms with Crippen LogP contribution < -0.4 is 20.3 Å². The van der Waals surface area contributed by atoms with Crippen LogP contribution in [0.15, 0.2) is 48.5 Å². The first-order valence-electron chi connectivity index (χ1n) is 8.09. The molecule has 0 saturated carbocycles. The van der Waals surface area contributed by atoms with Crippen molar-refractivity contribution in [3.63, 3.8) is 0 Å².